The Hall–Kier alpha value is -3.32. The van der Waals surface area contributed by atoms with Crippen LogP contribution in [-0.2, 0) is 7.05 Å². The summed E-state index contributed by atoms with van der Waals surface area (Å²) < 4.78 is 33.7. The second-order valence-corrected chi connectivity index (χ2v) is 6.43. The molecule has 2 aromatic carbocycles. The van der Waals surface area contributed by atoms with Gasteiger partial charge in [-0.25, -0.2) is 8.78 Å². The third-order valence-electron chi connectivity index (χ3n) is 4.23. The van der Waals surface area contributed by atoms with Gasteiger partial charge in [0.05, 0.1) is 16.7 Å². The van der Waals surface area contributed by atoms with E-state index in [1.165, 1.54) is 16.8 Å². The second-order valence-electron chi connectivity index (χ2n) is 6.03. The number of rotatable bonds is 3. The van der Waals surface area contributed by atoms with Crippen LogP contribution in [0.1, 0.15) is 0 Å². The molecule has 0 aliphatic heterocycles. The van der Waals surface area contributed by atoms with Crippen LogP contribution in [0.25, 0.3) is 22.2 Å². The van der Waals surface area contributed by atoms with Gasteiger partial charge in [0.2, 0.25) is 0 Å². The fraction of sp³-hybridized carbons (Fsp3) is 0.0500. The minimum atomic E-state index is -0.910. The smallest absolute Gasteiger partial charge is 0.293 e. The lowest BCUT2D eigenvalue weighted by Crippen LogP contribution is -2.19. The first-order valence-corrected chi connectivity index (χ1v) is 8.56. The van der Waals surface area contributed by atoms with E-state index in [0.717, 1.165) is 12.1 Å². The van der Waals surface area contributed by atoms with Crippen molar-refractivity contribution in [2.75, 3.05) is 0 Å². The Labute approximate surface area is 162 Å². The van der Waals surface area contributed by atoms with Gasteiger partial charge in [-0.2, -0.15) is 5.10 Å². The predicted molar refractivity (Wildman–Crippen MR) is 102 cm³/mol. The molecule has 5 nitrogen and oxygen atoms in total. The summed E-state index contributed by atoms with van der Waals surface area (Å²) >= 11 is 6.27. The lowest BCUT2D eigenvalue weighted by molar-refractivity contribution is 0.430. The minimum Gasteiger partial charge on any atom is -0.448 e. The van der Waals surface area contributed by atoms with Crippen molar-refractivity contribution in [3.63, 3.8) is 0 Å². The van der Waals surface area contributed by atoms with Crippen molar-refractivity contribution in [1.29, 1.82) is 0 Å². The molecule has 2 aromatic heterocycles. The SMILES string of the molecule is Cn1c(=O)c(Oc2ccc(F)cc2F)cc2cnnc(-c3ccccc3Cl)c21. The quantitative estimate of drug-likeness (QED) is 0.500. The molecule has 2 heterocycles. The fourth-order valence-corrected chi connectivity index (χ4v) is 3.13. The van der Waals surface area contributed by atoms with E-state index in [0.29, 0.717) is 33.2 Å². The van der Waals surface area contributed by atoms with Crippen molar-refractivity contribution in [2.45, 2.75) is 0 Å². The first kappa shape index (κ1) is 18.1. The van der Waals surface area contributed by atoms with Crippen molar-refractivity contribution < 1.29 is 13.5 Å². The van der Waals surface area contributed by atoms with Crippen molar-refractivity contribution in [3.8, 4) is 22.8 Å². The van der Waals surface area contributed by atoms with Gasteiger partial charge in [0.15, 0.2) is 17.3 Å². The van der Waals surface area contributed by atoms with Gasteiger partial charge in [0, 0.05) is 24.1 Å². The molecule has 0 spiro atoms. The molecular weight excluding hydrogens is 388 g/mol. The number of pyridine rings is 1. The first-order valence-electron chi connectivity index (χ1n) is 8.19. The average Bonchev–Trinajstić information content (AvgIpc) is 2.68. The van der Waals surface area contributed by atoms with Crippen LogP contribution in [0.2, 0.25) is 5.02 Å². The summed E-state index contributed by atoms with van der Waals surface area (Å²) in [6, 6.07) is 11.4. The third-order valence-corrected chi connectivity index (χ3v) is 4.56. The molecule has 0 radical (unpaired) electrons. The Morgan fingerprint density at radius 2 is 1.86 bits per heavy atom. The maximum atomic E-state index is 13.9. The number of ether oxygens (including phenoxy) is 1. The highest BCUT2D eigenvalue weighted by atomic mass is 35.5. The lowest BCUT2D eigenvalue weighted by atomic mass is 10.1. The Bertz CT molecular complexity index is 1270. The van der Waals surface area contributed by atoms with Gasteiger partial charge in [-0.15, -0.1) is 5.10 Å². The van der Waals surface area contributed by atoms with Crippen LogP contribution in [0.15, 0.2) is 59.5 Å². The summed E-state index contributed by atoms with van der Waals surface area (Å²) in [5.74, 6) is -2.03. The van der Waals surface area contributed by atoms with Crippen LogP contribution < -0.4 is 10.3 Å². The predicted octanol–water partition coefficient (Wildman–Crippen LogP) is 4.72. The summed E-state index contributed by atoms with van der Waals surface area (Å²) in [6.07, 6.45) is 1.46. The monoisotopic (exact) mass is 399 g/mol. The van der Waals surface area contributed by atoms with E-state index >= 15 is 0 Å². The Morgan fingerprint density at radius 3 is 2.61 bits per heavy atom. The van der Waals surface area contributed by atoms with Crippen molar-refractivity contribution in [3.05, 3.63) is 81.7 Å². The molecule has 0 N–H and O–H groups in total. The Kier molecular flexibility index (Phi) is 4.52. The van der Waals surface area contributed by atoms with E-state index in [4.69, 9.17) is 16.3 Å². The largest absolute Gasteiger partial charge is 0.448 e. The summed E-state index contributed by atoms with van der Waals surface area (Å²) in [5, 5.41) is 9.13. The number of nitrogens with zero attached hydrogens (tertiary/aromatic N) is 3. The highest BCUT2D eigenvalue weighted by molar-refractivity contribution is 6.33. The minimum absolute atomic E-state index is 0.126. The molecule has 28 heavy (non-hydrogen) atoms. The molecule has 4 rings (SSSR count). The van der Waals surface area contributed by atoms with E-state index in [1.54, 1.807) is 31.3 Å². The number of halogens is 3. The highest BCUT2D eigenvalue weighted by Gasteiger charge is 2.17. The zero-order valence-electron chi connectivity index (χ0n) is 14.5. The van der Waals surface area contributed by atoms with Crippen molar-refractivity contribution >= 4 is 22.5 Å². The van der Waals surface area contributed by atoms with Crippen LogP contribution in [0, 0.1) is 11.6 Å². The fourth-order valence-electron chi connectivity index (χ4n) is 2.91. The van der Waals surface area contributed by atoms with E-state index in [1.807, 2.05) is 0 Å². The molecule has 8 heteroatoms. The van der Waals surface area contributed by atoms with Crippen molar-refractivity contribution in [1.82, 2.24) is 14.8 Å². The summed E-state index contributed by atoms with van der Waals surface area (Å²) in [4.78, 5) is 12.8. The maximum Gasteiger partial charge on any atom is 0.293 e. The van der Waals surface area contributed by atoms with Crippen LogP contribution >= 0.6 is 11.6 Å². The summed E-state index contributed by atoms with van der Waals surface area (Å²) in [5.41, 5.74) is 1.04. The van der Waals surface area contributed by atoms with Crippen LogP contribution in [0.4, 0.5) is 8.78 Å². The number of benzene rings is 2. The zero-order chi connectivity index (χ0) is 19.8. The Morgan fingerprint density at radius 1 is 1.07 bits per heavy atom. The van der Waals surface area contributed by atoms with Gasteiger partial charge in [0.1, 0.15) is 11.5 Å². The molecule has 0 atom stereocenters. The lowest BCUT2D eigenvalue weighted by Gasteiger charge is -2.13. The number of hydrogen-bond donors (Lipinski definition) is 0. The van der Waals surface area contributed by atoms with Gasteiger partial charge >= 0.3 is 0 Å². The van der Waals surface area contributed by atoms with Crippen LogP contribution in [0.5, 0.6) is 11.5 Å². The molecule has 0 saturated heterocycles. The summed E-state index contributed by atoms with van der Waals surface area (Å²) in [7, 11) is 1.54. The number of aryl methyl sites for hydroxylation is 1. The Balaban J connectivity index is 1.90. The normalized spacial score (nSPS) is 11.0. The van der Waals surface area contributed by atoms with Gasteiger partial charge < -0.3 is 9.30 Å². The number of fused-ring (bicyclic) bond motifs is 1. The molecule has 0 amide bonds. The molecule has 4 aromatic rings. The first-order chi connectivity index (χ1) is 13.5. The van der Waals surface area contributed by atoms with E-state index in [-0.39, 0.29) is 11.5 Å². The van der Waals surface area contributed by atoms with E-state index < -0.39 is 17.2 Å². The average molecular weight is 400 g/mol. The molecule has 140 valence electrons. The van der Waals surface area contributed by atoms with Gasteiger partial charge in [-0.3, -0.25) is 4.79 Å². The second kappa shape index (κ2) is 7.01. The molecule has 0 bridgehead atoms. The topological polar surface area (TPSA) is 57.0 Å². The van der Waals surface area contributed by atoms with E-state index in [2.05, 4.69) is 10.2 Å². The third kappa shape index (κ3) is 3.10. The van der Waals surface area contributed by atoms with Gasteiger partial charge in [-0.05, 0) is 24.3 Å². The summed E-state index contributed by atoms with van der Waals surface area (Å²) in [6.45, 7) is 0. The standard InChI is InChI=1S/C20H12ClF2N3O2/c1-26-19-11(10-24-25-18(19)13-4-2-3-5-14(13)21)8-17(20(26)27)28-16-7-6-12(22)9-15(16)23/h2-10H,1H3. The van der Waals surface area contributed by atoms with E-state index in [9.17, 15) is 13.6 Å². The number of hydrogen-bond acceptors (Lipinski definition) is 4. The van der Waals surface area contributed by atoms with Gasteiger partial charge in [0.25, 0.3) is 5.56 Å². The molecule has 0 fully saturated rings. The molecule has 0 aliphatic rings. The van der Waals surface area contributed by atoms with Crippen LogP contribution in [0.3, 0.4) is 0 Å². The molecular formula is C20H12ClF2N3O2. The maximum absolute atomic E-state index is 13.9. The van der Waals surface area contributed by atoms with Crippen molar-refractivity contribution in [2.24, 2.45) is 7.05 Å². The highest BCUT2D eigenvalue weighted by Crippen LogP contribution is 2.32. The van der Waals surface area contributed by atoms with Crippen LogP contribution in [-0.4, -0.2) is 14.8 Å². The molecule has 0 aliphatic carbocycles. The number of aromatic nitrogens is 3. The zero-order valence-corrected chi connectivity index (χ0v) is 15.2. The molecule has 0 unspecified atom stereocenters. The molecule has 0 saturated carbocycles. The van der Waals surface area contributed by atoms with Gasteiger partial charge in [-0.1, -0.05) is 29.8 Å².